The molecule has 180 valence electrons. The molecule has 1 aromatic heterocycles. The molecule has 1 aliphatic rings. The van der Waals surface area contributed by atoms with Gasteiger partial charge in [-0.05, 0) is 29.2 Å². The van der Waals surface area contributed by atoms with Crippen LogP contribution >= 0.6 is 0 Å². The molecule has 0 fully saturated rings. The Kier molecular flexibility index (Phi) is 6.91. The summed E-state index contributed by atoms with van der Waals surface area (Å²) in [5.41, 5.74) is 4.76. The fourth-order valence-electron chi connectivity index (χ4n) is 4.06. The van der Waals surface area contributed by atoms with Gasteiger partial charge in [-0.25, -0.2) is 9.78 Å². The minimum absolute atomic E-state index is 0.0272. The number of anilines is 1. The number of fused-ring (bicyclic) bond motifs is 3. The van der Waals surface area contributed by atoms with Crippen LogP contribution in [-0.4, -0.2) is 52.8 Å². The second-order valence-corrected chi connectivity index (χ2v) is 7.98. The van der Waals surface area contributed by atoms with E-state index in [1.807, 2.05) is 48.5 Å². The highest BCUT2D eigenvalue weighted by Gasteiger charge is 2.30. The third-order valence-corrected chi connectivity index (χ3v) is 5.61. The van der Waals surface area contributed by atoms with Crippen molar-refractivity contribution in [2.45, 2.75) is 25.3 Å². The molecule has 0 radical (unpaired) electrons. The summed E-state index contributed by atoms with van der Waals surface area (Å²) in [6.07, 6.45) is -1.56. The Morgan fingerprint density at radius 2 is 1.66 bits per heavy atom. The van der Waals surface area contributed by atoms with Gasteiger partial charge in [0.15, 0.2) is 0 Å². The van der Waals surface area contributed by atoms with Gasteiger partial charge in [-0.2, -0.15) is 4.98 Å². The maximum Gasteiger partial charge on any atom is 0.407 e. The fraction of sp³-hybridized carbons (Fsp3) is 0.240. The number of benzene rings is 2. The molecule has 10 nitrogen and oxygen atoms in total. The highest BCUT2D eigenvalue weighted by molar-refractivity contribution is 5.97. The minimum Gasteiger partial charge on any atom is -0.481 e. The molecule has 1 aliphatic carbocycles. The van der Waals surface area contributed by atoms with Gasteiger partial charge in [0.05, 0.1) is 13.5 Å². The van der Waals surface area contributed by atoms with Crippen LogP contribution in [-0.2, 0) is 14.3 Å². The Labute approximate surface area is 201 Å². The van der Waals surface area contributed by atoms with Gasteiger partial charge < -0.3 is 19.9 Å². The first-order valence-electron chi connectivity index (χ1n) is 10.9. The summed E-state index contributed by atoms with van der Waals surface area (Å²) in [5, 5.41) is 14.0. The highest BCUT2D eigenvalue weighted by Crippen LogP contribution is 2.44. The number of methoxy groups -OCH3 is 1. The number of hydrogen-bond acceptors (Lipinski definition) is 7. The van der Waals surface area contributed by atoms with Crippen molar-refractivity contribution in [2.75, 3.05) is 19.0 Å². The highest BCUT2D eigenvalue weighted by atomic mass is 16.5. The van der Waals surface area contributed by atoms with E-state index in [2.05, 4.69) is 20.6 Å². The lowest BCUT2D eigenvalue weighted by atomic mass is 9.98. The summed E-state index contributed by atoms with van der Waals surface area (Å²) in [7, 11) is 1.42. The van der Waals surface area contributed by atoms with Crippen LogP contribution in [0.15, 0.2) is 54.6 Å². The molecule has 1 atom stereocenters. The molecule has 0 aliphatic heterocycles. The van der Waals surface area contributed by atoms with E-state index in [1.54, 1.807) is 13.0 Å². The minimum atomic E-state index is -1.40. The van der Waals surface area contributed by atoms with Crippen molar-refractivity contribution < 1.29 is 29.0 Å². The average Bonchev–Trinajstić information content (AvgIpc) is 3.15. The number of hydrogen-bond donors (Lipinski definition) is 3. The first-order chi connectivity index (χ1) is 16.9. The van der Waals surface area contributed by atoms with Gasteiger partial charge in [0, 0.05) is 17.7 Å². The molecular weight excluding hydrogens is 452 g/mol. The van der Waals surface area contributed by atoms with Crippen LogP contribution < -0.4 is 15.4 Å². The zero-order valence-electron chi connectivity index (χ0n) is 19.1. The maximum absolute atomic E-state index is 12.7. The first-order valence-corrected chi connectivity index (χ1v) is 10.9. The van der Waals surface area contributed by atoms with E-state index in [1.165, 1.54) is 7.11 Å². The third kappa shape index (κ3) is 5.37. The summed E-state index contributed by atoms with van der Waals surface area (Å²) >= 11 is 0. The molecule has 1 unspecified atom stereocenters. The summed E-state index contributed by atoms with van der Waals surface area (Å²) < 4.78 is 10.5. The molecule has 0 bridgehead atoms. The number of carbonyl (C=O) groups is 3. The Morgan fingerprint density at radius 1 is 1.03 bits per heavy atom. The molecule has 0 saturated heterocycles. The van der Waals surface area contributed by atoms with Crippen molar-refractivity contribution in [3.8, 4) is 17.0 Å². The zero-order valence-corrected chi connectivity index (χ0v) is 19.1. The molecule has 35 heavy (non-hydrogen) atoms. The third-order valence-electron chi connectivity index (χ3n) is 5.61. The lowest BCUT2D eigenvalue weighted by molar-refractivity contribution is -0.139. The molecule has 1 heterocycles. The number of aromatic nitrogens is 2. The number of nitrogens with one attached hydrogen (secondary N) is 2. The van der Waals surface area contributed by atoms with E-state index in [9.17, 15) is 19.5 Å². The Hall–Kier alpha value is -4.47. The van der Waals surface area contributed by atoms with Gasteiger partial charge in [-0.1, -0.05) is 48.5 Å². The Morgan fingerprint density at radius 3 is 2.26 bits per heavy atom. The number of amides is 2. The van der Waals surface area contributed by atoms with E-state index in [0.29, 0.717) is 5.69 Å². The number of aryl methyl sites for hydroxylation is 1. The van der Waals surface area contributed by atoms with E-state index >= 15 is 0 Å². The maximum atomic E-state index is 12.7. The van der Waals surface area contributed by atoms with Crippen molar-refractivity contribution in [3.63, 3.8) is 0 Å². The number of ether oxygens (including phenoxy) is 2. The topological polar surface area (TPSA) is 140 Å². The molecule has 4 rings (SSSR count). The van der Waals surface area contributed by atoms with Crippen molar-refractivity contribution in [2.24, 2.45) is 0 Å². The fourth-order valence-corrected chi connectivity index (χ4v) is 4.06. The molecule has 2 aromatic carbocycles. The number of aliphatic carboxylic acids is 1. The Balaban J connectivity index is 1.43. The zero-order chi connectivity index (χ0) is 24.9. The molecule has 2 amide bonds. The summed E-state index contributed by atoms with van der Waals surface area (Å²) in [4.78, 5) is 44.7. The molecule has 0 spiro atoms. The summed E-state index contributed by atoms with van der Waals surface area (Å²) in [6.45, 7) is 1.71. The summed E-state index contributed by atoms with van der Waals surface area (Å²) in [5.74, 6) is -2.09. The van der Waals surface area contributed by atoms with Gasteiger partial charge in [-0.15, -0.1) is 0 Å². The number of alkyl carbamates (subject to hydrolysis) is 1. The van der Waals surface area contributed by atoms with E-state index in [-0.39, 0.29) is 24.4 Å². The van der Waals surface area contributed by atoms with Crippen molar-refractivity contribution in [3.05, 3.63) is 71.4 Å². The monoisotopic (exact) mass is 476 g/mol. The second kappa shape index (κ2) is 10.2. The van der Waals surface area contributed by atoms with Crippen LogP contribution in [0.4, 0.5) is 10.7 Å². The van der Waals surface area contributed by atoms with Crippen molar-refractivity contribution >= 4 is 23.9 Å². The first kappa shape index (κ1) is 23.7. The predicted octanol–water partition coefficient (Wildman–Crippen LogP) is 3.11. The van der Waals surface area contributed by atoms with Crippen LogP contribution in [0.1, 0.15) is 29.2 Å². The SMILES string of the molecule is COc1cc(C)nc(NC(=O)C(CC(=O)O)NC(=O)OCC2c3ccccc3-c3ccccc32)n1. The van der Waals surface area contributed by atoms with Crippen LogP contribution in [0.5, 0.6) is 5.88 Å². The number of carboxylic acids is 1. The van der Waals surface area contributed by atoms with Crippen molar-refractivity contribution in [1.29, 1.82) is 0 Å². The number of carbonyl (C=O) groups excluding carboxylic acids is 2. The van der Waals surface area contributed by atoms with Crippen LogP contribution in [0.2, 0.25) is 0 Å². The number of carboxylic acid groups (broad SMARTS) is 1. The van der Waals surface area contributed by atoms with Crippen molar-refractivity contribution in [1.82, 2.24) is 15.3 Å². The lowest BCUT2D eigenvalue weighted by Gasteiger charge is -2.18. The number of rotatable bonds is 8. The normalized spacial score (nSPS) is 12.7. The standard InChI is InChI=1S/C25H24N4O6/c1-14-11-21(34-2)28-24(26-14)29-23(32)20(12-22(30)31)27-25(33)35-13-19-17-9-5-3-7-15(17)16-8-4-6-10-18(16)19/h3-11,19-20H,12-13H2,1-2H3,(H,27,33)(H,30,31)(H,26,28,29,32). The van der Waals surface area contributed by atoms with E-state index in [4.69, 9.17) is 9.47 Å². The van der Waals surface area contributed by atoms with Gasteiger partial charge in [0.2, 0.25) is 17.7 Å². The van der Waals surface area contributed by atoms with Crippen LogP contribution in [0.25, 0.3) is 11.1 Å². The van der Waals surface area contributed by atoms with E-state index in [0.717, 1.165) is 22.3 Å². The van der Waals surface area contributed by atoms with Gasteiger partial charge in [0.25, 0.3) is 0 Å². The Bertz CT molecular complexity index is 1230. The lowest BCUT2D eigenvalue weighted by Crippen LogP contribution is -2.45. The van der Waals surface area contributed by atoms with Gasteiger partial charge in [0.1, 0.15) is 12.6 Å². The average molecular weight is 476 g/mol. The largest absolute Gasteiger partial charge is 0.481 e. The van der Waals surface area contributed by atoms with Gasteiger partial charge >= 0.3 is 12.1 Å². The van der Waals surface area contributed by atoms with Crippen LogP contribution in [0, 0.1) is 6.92 Å². The molecule has 3 N–H and O–H groups in total. The molecular formula is C25H24N4O6. The quantitative estimate of drug-likeness (QED) is 0.451. The van der Waals surface area contributed by atoms with E-state index < -0.39 is 30.4 Å². The van der Waals surface area contributed by atoms with Crippen LogP contribution in [0.3, 0.4) is 0 Å². The second-order valence-electron chi connectivity index (χ2n) is 7.98. The molecule has 0 saturated carbocycles. The smallest absolute Gasteiger partial charge is 0.407 e. The molecule has 10 heteroatoms. The number of nitrogens with zero attached hydrogens (tertiary/aromatic N) is 2. The summed E-state index contributed by atoms with van der Waals surface area (Å²) in [6, 6.07) is 15.9. The molecule has 3 aromatic rings. The van der Waals surface area contributed by atoms with Gasteiger partial charge in [-0.3, -0.25) is 14.9 Å². The predicted molar refractivity (Wildman–Crippen MR) is 126 cm³/mol.